The summed E-state index contributed by atoms with van der Waals surface area (Å²) in [6.07, 6.45) is 3.00. The van der Waals surface area contributed by atoms with Crippen LogP contribution in [-0.4, -0.2) is 53.2 Å². The lowest BCUT2D eigenvalue weighted by Crippen LogP contribution is -2.36. The molecule has 0 atom stereocenters. The third kappa shape index (κ3) is 4.37. The molecule has 1 fully saturated rings. The summed E-state index contributed by atoms with van der Waals surface area (Å²) in [5, 5.41) is 2.83. The monoisotopic (exact) mass is 466 g/mol. The molecule has 1 aliphatic rings. The number of amides is 2. The highest BCUT2D eigenvalue weighted by molar-refractivity contribution is 6.04. The molecule has 1 aromatic heterocycles. The first-order chi connectivity index (χ1) is 16.5. The van der Waals surface area contributed by atoms with Crippen molar-refractivity contribution >= 4 is 28.5 Å². The quantitative estimate of drug-likeness (QED) is 0.577. The number of carbonyl (C=O) groups is 2. The summed E-state index contributed by atoms with van der Waals surface area (Å²) in [4.78, 5) is 41.1. The molecular formula is C25H30N4O5. The normalized spacial score (nSPS) is 13.7. The number of ether oxygens (including phenoxy) is 2. The van der Waals surface area contributed by atoms with E-state index in [1.54, 1.807) is 21.6 Å². The fourth-order valence-electron chi connectivity index (χ4n) is 4.49. The van der Waals surface area contributed by atoms with E-state index in [1.165, 1.54) is 18.8 Å². The second-order valence-corrected chi connectivity index (χ2v) is 8.26. The molecule has 3 aromatic rings. The SMILES string of the molecule is CCn1c(=O)n(CC(=O)Nc2cc(OC)c(OC)cc2C(=O)N2CCCCC2)c2ccccc21. The van der Waals surface area contributed by atoms with Gasteiger partial charge in [0.15, 0.2) is 11.5 Å². The van der Waals surface area contributed by atoms with Crippen LogP contribution < -0.4 is 20.5 Å². The molecule has 0 unspecified atom stereocenters. The molecule has 180 valence electrons. The Morgan fingerprint density at radius 1 is 0.941 bits per heavy atom. The lowest BCUT2D eigenvalue weighted by Gasteiger charge is -2.28. The number of imidazole rings is 1. The minimum atomic E-state index is -0.416. The maximum atomic E-state index is 13.3. The van der Waals surface area contributed by atoms with Gasteiger partial charge in [-0.05, 0) is 44.4 Å². The summed E-state index contributed by atoms with van der Waals surface area (Å²) in [5.74, 6) is 0.215. The fraction of sp³-hybridized carbons (Fsp3) is 0.400. The summed E-state index contributed by atoms with van der Waals surface area (Å²) in [6.45, 7) is 3.55. The number of benzene rings is 2. The summed E-state index contributed by atoms with van der Waals surface area (Å²) >= 11 is 0. The maximum Gasteiger partial charge on any atom is 0.329 e. The Morgan fingerprint density at radius 2 is 1.56 bits per heavy atom. The van der Waals surface area contributed by atoms with E-state index in [9.17, 15) is 14.4 Å². The van der Waals surface area contributed by atoms with Gasteiger partial charge in [-0.15, -0.1) is 0 Å². The van der Waals surface area contributed by atoms with Gasteiger partial charge in [-0.1, -0.05) is 12.1 Å². The minimum absolute atomic E-state index is 0.171. The van der Waals surface area contributed by atoms with Crippen molar-refractivity contribution in [1.82, 2.24) is 14.0 Å². The topological polar surface area (TPSA) is 94.8 Å². The number of methoxy groups -OCH3 is 2. The standard InChI is InChI=1S/C25H30N4O5/c1-4-28-19-10-6-7-11-20(19)29(25(28)32)16-23(30)26-18-15-22(34-3)21(33-2)14-17(18)24(31)27-12-8-5-9-13-27/h6-7,10-11,14-15H,4-5,8-9,12-13,16H2,1-3H3,(H,26,30). The van der Waals surface area contributed by atoms with Crippen LogP contribution in [0.5, 0.6) is 11.5 Å². The number of aromatic nitrogens is 2. The van der Waals surface area contributed by atoms with Crippen LogP contribution in [0.4, 0.5) is 5.69 Å². The van der Waals surface area contributed by atoms with Gasteiger partial charge in [0.1, 0.15) is 6.54 Å². The first-order valence-corrected chi connectivity index (χ1v) is 11.5. The van der Waals surface area contributed by atoms with Crippen LogP contribution in [-0.2, 0) is 17.9 Å². The fourth-order valence-corrected chi connectivity index (χ4v) is 4.49. The van der Waals surface area contributed by atoms with Gasteiger partial charge in [-0.25, -0.2) is 4.79 Å². The Labute approximate surface area is 197 Å². The van der Waals surface area contributed by atoms with Crippen LogP contribution in [0.2, 0.25) is 0 Å². The van der Waals surface area contributed by atoms with Crippen molar-refractivity contribution in [2.75, 3.05) is 32.6 Å². The third-order valence-corrected chi connectivity index (χ3v) is 6.21. The number of nitrogens with one attached hydrogen (secondary N) is 1. The van der Waals surface area contributed by atoms with Crippen LogP contribution >= 0.6 is 0 Å². The highest BCUT2D eigenvalue weighted by Crippen LogP contribution is 2.34. The minimum Gasteiger partial charge on any atom is -0.493 e. The predicted molar refractivity (Wildman–Crippen MR) is 130 cm³/mol. The van der Waals surface area contributed by atoms with Gasteiger partial charge in [0, 0.05) is 25.7 Å². The average molecular weight is 467 g/mol. The number of hydrogen-bond acceptors (Lipinski definition) is 5. The number of hydrogen-bond donors (Lipinski definition) is 1. The molecule has 2 aromatic carbocycles. The Balaban J connectivity index is 1.67. The number of aryl methyl sites for hydroxylation is 1. The van der Waals surface area contributed by atoms with Gasteiger partial charge in [0.25, 0.3) is 5.91 Å². The molecule has 4 rings (SSSR count). The summed E-state index contributed by atoms with van der Waals surface area (Å²) in [7, 11) is 3.00. The molecule has 34 heavy (non-hydrogen) atoms. The molecule has 0 saturated carbocycles. The van der Waals surface area contributed by atoms with Crippen molar-refractivity contribution in [1.29, 1.82) is 0 Å². The largest absolute Gasteiger partial charge is 0.493 e. The molecule has 2 amide bonds. The molecule has 0 radical (unpaired) electrons. The Bertz CT molecular complexity index is 1270. The Hall–Kier alpha value is -3.75. The number of piperidine rings is 1. The van der Waals surface area contributed by atoms with Crippen molar-refractivity contribution in [3.63, 3.8) is 0 Å². The first-order valence-electron chi connectivity index (χ1n) is 11.5. The van der Waals surface area contributed by atoms with Gasteiger partial charge in [-0.2, -0.15) is 0 Å². The van der Waals surface area contributed by atoms with Crippen molar-refractivity contribution in [2.45, 2.75) is 39.3 Å². The van der Waals surface area contributed by atoms with Gasteiger partial charge in [-0.3, -0.25) is 18.7 Å². The molecule has 1 saturated heterocycles. The van der Waals surface area contributed by atoms with Crippen LogP contribution in [0.1, 0.15) is 36.5 Å². The zero-order valence-corrected chi connectivity index (χ0v) is 19.8. The van der Waals surface area contributed by atoms with Crippen molar-refractivity contribution in [2.24, 2.45) is 0 Å². The van der Waals surface area contributed by atoms with Crippen molar-refractivity contribution < 1.29 is 19.1 Å². The summed E-state index contributed by atoms with van der Waals surface area (Å²) in [6, 6.07) is 10.6. The van der Waals surface area contributed by atoms with Crippen LogP contribution in [0.25, 0.3) is 11.0 Å². The maximum absolute atomic E-state index is 13.3. The first kappa shape index (κ1) is 23.4. The highest BCUT2D eigenvalue weighted by atomic mass is 16.5. The van der Waals surface area contributed by atoms with E-state index in [2.05, 4.69) is 5.32 Å². The smallest absolute Gasteiger partial charge is 0.329 e. The van der Waals surface area contributed by atoms with E-state index in [-0.39, 0.29) is 18.1 Å². The molecule has 1 N–H and O–H groups in total. The number of carbonyl (C=O) groups excluding carboxylic acids is 2. The molecule has 0 spiro atoms. The van der Waals surface area contributed by atoms with Crippen LogP contribution in [0, 0.1) is 0 Å². The second-order valence-electron chi connectivity index (χ2n) is 8.26. The third-order valence-electron chi connectivity index (χ3n) is 6.21. The van der Waals surface area contributed by atoms with Gasteiger partial charge in [0.2, 0.25) is 5.91 Å². The van der Waals surface area contributed by atoms with Gasteiger partial charge < -0.3 is 19.7 Å². The van der Waals surface area contributed by atoms with E-state index in [0.717, 1.165) is 24.8 Å². The molecule has 9 nitrogen and oxygen atoms in total. The van der Waals surface area contributed by atoms with E-state index in [1.807, 2.05) is 31.2 Å². The number of fused-ring (bicyclic) bond motifs is 1. The number of rotatable bonds is 7. The van der Waals surface area contributed by atoms with Gasteiger partial charge in [0.05, 0.1) is 36.5 Å². The van der Waals surface area contributed by atoms with E-state index in [0.29, 0.717) is 47.9 Å². The zero-order chi connectivity index (χ0) is 24.2. The lowest BCUT2D eigenvalue weighted by molar-refractivity contribution is -0.116. The highest BCUT2D eigenvalue weighted by Gasteiger charge is 2.24. The average Bonchev–Trinajstić information content (AvgIpc) is 3.14. The molecule has 0 aliphatic carbocycles. The second kappa shape index (κ2) is 10.0. The number of nitrogens with zero attached hydrogens (tertiary/aromatic N) is 3. The number of para-hydroxylation sites is 2. The van der Waals surface area contributed by atoms with Gasteiger partial charge >= 0.3 is 5.69 Å². The van der Waals surface area contributed by atoms with Crippen LogP contribution in [0.3, 0.4) is 0 Å². The zero-order valence-electron chi connectivity index (χ0n) is 19.8. The van der Waals surface area contributed by atoms with E-state index < -0.39 is 5.91 Å². The molecule has 2 heterocycles. The molecular weight excluding hydrogens is 436 g/mol. The molecule has 9 heteroatoms. The number of likely N-dealkylation sites (tertiary alicyclic amines) is 1. The molecule has 1 aliphatic heterocycles. The number of anilines is 1. The lowest BCUT2D eigenvalue weighted by atomic mass is 10.1. The predicted octanol–water partition coefficient (Wildman–Crippen LogP) is 3.10. The van der Waals surface area contributed by atoms with Crippen LogP contribution in [0.15, 0.2) is 41.2 Å². The molecule has 0 bridgehead atoms. The van der Waals surface area contributed by atoms with E-state index in [4.69, 9.17) is 9.47 Å². The van der Waals surface area contributed by atoms with Crippen molar-refractivity contribution in [3.05, 3.63) is 52.4 Å². The van der Waals surface area contributed by atoms with E-state index >= 15 is 0 Å². The summed E-state index contributed by atoms with van der Waals surface area (Å²) in [5.41, 5.74) is 1.86. The Morgan fingerprint density at radius 3 is 2.18 bits per heavy atom. The van der Waals surface area contributed by atoms with Crippen molar-refractivity contribution in [3.8, 4) is 11.5 Å². The Kier molecular flexibility index (Phi) is 6.90. The summed E-state index contributed by atoms with van der Waals surface area (Å²) < 4.78 is 13.9.